The van der Waals surface area contributed by atoms with Crippen molar-refractivity contribution in [2.75, 3.05) is 13.2 Å². The molecule has 1 aromatic carbocycles. The van der Waals surface area contributed by atoms with Gasteiger partial charge in [0.2, 0.25) is 0 Å². The number of hydrogen-bond acceptors (Lipinski definition) is 4. The summed E-state index contributed by atoms with van der Waals surface area (Å²) in [6.07, 6.45) is 0. The molecule has 0 unspecified atom stereocenters. The van der Waals surface area contributed by atoms with Gasteiger partial charge in [-0.3, -0.25) is 0 Å². The first kappa shape index (κ1) is 10.5. The van der Waals surface area contributed by atoms with Crippen LogP contribution in [0.5, 0.6) is 23.0 Å². The molecule has 78 valence electrons. The Labute approximate surface area is 82.7 Å². The van der Waals surface area contributed by atoms with Crippen LogP contribution >= 0.6 is 0 Å². The van der Waals surface area contributed by atoms with Gasteiger partial charge < -0.3 is 19.7 Å². The second-order valence-electron chi connectivity index (χ2n) is 2.65. The number of phenols is 2. The Morgan fingerprint density at radius 1 is 0.929 bits per heavy atom. The number of benzene rings is 1. The molecule has 0 spiro atoms. The van der Waals surface area contributed by atoms with Crippen molar-refractivity contribution in [2.24, 2.45) is 0 Å². The van der Waals surface area contributed by atoms with Gasteiger partial charge in [-0.2, -0.15) is 0 Å². The van der Waals surface area contributed by atoms with Crippen molar-refractivity contribution in [2.45, 2.75) is 13.8 Å². The number of aromatic hydroxyl groups is 2. The molecule has 0 fully saturated rings. The van der Waals surface area contributed by atoms with Gasteiger partial charge in [-0.05, 0) is 13.8 Å². The number of rotatable bonds is 4. The van der Waals surface area contributed by atoms with Gasteiger partial charge in [0.25, 0.3) is 0 Å². The third-order valence-electron chi connectivity index (χ3n) is 1.64. The topological polar surface area (TPSA) is 58.9 Å². The van der Waals surface area contributed by atoms with E-state index >= 15 is 0 Å². The van der Waals surface area contributed by atoms with Gasteiger partial charge in [0.1, 0.15) is 0 Å². The normalized spacial score (nSPS) is 9.86. The van der Waals surface area contributed by atoms with Crippen LogP contribution in [0.3, 0.4) is 0 Å². The Morgan fingerprint density at radius 2 is 1.29 bits per heavy atom. The second-order valence-corrected chi connectivity index (χ2v) is 2.65. The van der Waals surface area contributed by atoms with Crippen molar-refractivity contribution in [1.29, 1.82) is 0 Å². The van der Waals surface area contributed by atoms with Gasteiger partial charge in [0, 0.05) is 12.1 Å². The molecule has 0 saturated carbocycles. The van der Waals surface area contributed by atoms with E-state index in [4.69, 9.17) is 9.47 Å². The highest BCUT2D eigenvalue weighted by molar-refractivity contribution is 5.52. The average molecular weight is 198 g/mol. The summed E-state index contributed by atoms with van der Waals surface area (Å²) in [6, 6.07) is 2.67. The Hall–Kier alpha value is -1.58. The van der Waals surface area contributed by atoms with E-state index in [1.807, 2.05) is 0 Å². The predicted molar refractivity (Wildman–Crippen MR) is 52.1 cm³/mol. The minimum atomic E-state index is -0.0342. The fraction of sp³-hybridized carbons (Fsp3) is 0.400. The monoisotopic (exact) mass is 198 g/mol. The molecule has 0 amide bonds. The lowest BCUT2D eigenvalue weighted by atomic mass is 10.3. The van der Waals surface area contributed by atoms with E-state index in [0.717, 1.165) is 0 Å². The number of hydrogen-bond donors (Lipinski definition) is 2. The Balaban J connectivity index is 2.97. The lowest BCUT2D eigenvalue weighted by Gasteiger charge is -2.10. The Morgan fingerprint density at radius 3 is 1.57 bits per heavy atom. The lowest BCUT2D eigenvalue weighted by molar-refractivity contribution is 0.298. The van der Waals surface area contributed by atoms with E-state index in [9.17, 15) is 10.2 Å². The molecule has 0 aliphatic heterocycles. The largest absolute Gasteiger partial charge is 0.504 e. The average Bonchev–Trinajstić information content (AvgIpc) is 2.14. The lowest BCUT2D eigenvalue weighted by Crippen LogP contribution is -1.95. The van der Waals surface area contributed by atoms with Crippen molar-refractivity contribution in [3.8, 4) is 23.0 Å². The molecule has 1 aromatic rings. The number of phenolic OH excluding ortho intramolecular Hbond substituents is 2. The summed E-state index contributed by atoms with van der Waals surface area (Å²) >= 11 is 0. The number of ether oxygens (including phenoxy) is 2. The van der Waals surface area contributed by atoms with Gasteiger partial charge in [0.15, 0.2) is 23.0 Å². The van der Waals surface area contributed by atoms with Crippen LogP contribution < -0.4 is 9.47 Å². The summed E-state index contributed by atoms with van der Waals surface area (Å²) in [5.41, 5.74) is 0. The maximum atomic E-state index is 9.46. The van der Waals surface area contributed by atoms with Crippen molar-refractivity contribution >= 4 is 0 Å². The van der Waals surface area contributed by atoms with Gasteiger partial charge in [-0.25, -0.2) is 0 Å². The zero-order valence-electron chi connectivity index (χ0n) is 8.28. The molecular weight excluding hydrogens is 184 g/mol. The van der Waals surface area contributed by atoms with E-state index < -0.39 is 0 Å². The van der Waals surface area contributed by atoms with Crippen molar-refractivity contribution in [1.82, 2.24) is 0 Å². The van der Waals surface area contributed by atoms with Crippen molar-refractivity contribution in [3.05, 3.63) is 12.1 Å². The maximum absolute atomic E-state index is 9.46. The summed E-state index contributed by atoms with van der Waals surface area (Å²) in [7, 11) is 0. The van der Waals surface area contributed by atoms with Crippen LogP contribution in [0.4, 0.5) is 0 Å². The smallest absolute Gasteiger partial charge is 0.164 e. The zero-order chi connectivity index (χ0) is 10.6. The van der Waals surface area contributed by atoms with Crippen LogP contribution in [0.1, 0.15) is 13.8 Å². The van der Waals surface area contributed by atoms with Crippen molar-refractivity contribution < 1.29 is 19.7 Å². The molecule has 0 aliphatic carbocycles. The summed E-state index contributed by atoms with van der Waals surface area (Å²) < 4.78 is 10.2. The SMILES string of the molecule is CCOc1cc(O)c(OCC)cc1O. The molecule has 14 heavy (non-hydrogen) atoms. The molecular formula is C10H14O4. The minimum Gasteiger partial charge on any atom is -0.504 e. The molecule has 0 saturated heterocycles. The molecule has 0 atom stereocenters. The molecule has 0 aliphatic rings. The minimum absolute atomic E-state index is 0.0342. The van der Waals surface area contributed by atoms with Crippen molar-refractivity contribution in [3.63, 3.8) is 0 Å². The highest BCUT2D eigenvalue weighted by Crippen LogP contribution is 2.37. The quantitative estimate of drug-likeness (QED) is 0.725. The molecule has 1 rings (SSSR count). The third-order valence-corrected chi connectivity index (χ3v) is 1.64. The van der Waals surface area contributed by atoms with E-state index in [-0.39, 0.29) is 23.0 Å². The Bertz CT molecular complexity index is 277. The van der Waals surface area contributed by atoms with Gasteiger partial charge in [-0.15, -0.1) is 0 Å². The first-order valence-corrected chi connectivity index (χ1v) is 4.50. The molecule has 0 heterocycles. The molecule has 4 nitrogen and oxygen atoms in total. The van der Waals surface area contributed by atoms with Gasteiger partial charge in [-0.1, -0.05) is 0 Å². The molecule has 2 N–H and O–H groups in total. The first-order chi connectivity index (χ1) is 6.69. The fourth-order valence-corrected chi connectivity index (χ4v) is 1.08. The van der Waals surface area contributed by atoms with E-state index in [2.05, 4.69) is 0 Å². The highest BCUT2D eigenvalue weighted by Gasteiger charge is 2.09. The molecule has 4 heteroatoms. The summed E-state index contributed by atoms with van der Waals surface area (Å²) in [6.45, 7) is 4.46. The zero-order valence-corrected chi connectivity index (χ0v) is 8.28. The molecule has 0 radical (unpaired) electrons. The van der Waals surface area contributed by atoms with Crippen LogP contribution in [-0.4, -0.2) is 23.4 Å². The van der Waals surface area contributed by atoms with E-state index in [1.54, 1.807) is 13.8 Å². The first-order valence-electron chi connectivity index (χ1n) is 4.50. The standard InChI is InChI=1S/C10H14O4/c1-3-13-9-5-8(12)10(14-4-2)6-7(9)11/h5-6,11-12H,3-4H2,1-2H3. The third kappa shape index (κ3) is 2.22. The fourth-order valence-electron chi connectivity index (χ4n) is 1.08. The van der Waals surface area contributed by atoms with Gasteiger partial charge >= 0.3 is 0 Å². The van der Waals surface area contributed by atoms with Crippen LogP contribution in [0.2, 0.25) is 0 Å². The predicted octanol–water partition coefficient (Wildman–Crippen LogP) is 1.90. The summed E-state index contributed by atoms with van der Waals surface area (Å²) in [5, 5.41) is 18.9. The van der Waals surface area contributed by atoms with E-state index in [0.29, 0.717) is 13.2 Å². The molecule has 0 bridgehead atoms. The van der Waals surface area contributed by atoms with Crippen LogP contribution in [0, 0.1) is 0 Å². The van der Waals surface area contributed by atoms with Gasteiger partial charge in [0.05, 0.1) is 13.2 Å². The van der Waals surface area contributed by atoms with Crippen LogP contribution in [0.15, 0.2) is 12.1 Å². The highest BCUT2D eigenvalue weighted by atomic mass is 16.5. The molecule has 0 aromatic heterocycles. The Kier molecular flexibility index (Phi) is 3.45. The maximum Gasteiger partial charge on any atom is 0.164 e. The second kappa shape index (κ2) is 4.60. The van der Waals surface area contributed by atoms with E-state index in [1.165, 1.54) is 12.1 Å². The summed E-state index contributed by atoms with van der Waals surface area (Å²) in [5.74, 6) is 0.447. The van der Waals surface area contributed by atoms with Crippen LogP contribution in [-0.2, 0) is 0 Å². The summed E-state index contributed by atoms with van der Waals surface area (Å²) in [4.78, 5) is 0. The van der Waals surface area contributed by atoms with Crippen LogP contribution in [0.25, 0.3) is 0 Å².